The number of ether oxygens (including phenoxy) is 2. The van der Waals surface area contributed by atoms with Crippen molar-refractivity contribution in [3.63, 3.8) is 0 Å². The Balaban J connectivity index is 4.35. The number of hydrogen-bond acceptors (Lipinski definition) is 6. The highest BCUT2D eigenvalue weighted by molar-refractivity contribution is 4.83. The fraction of sp³-hybridized carbons (Fsp3) is 1.00. The quantitative estimate of drug-likeness (QED) is 0.182. The Labute approximate surface area is 185 Å². The van der Waals surface area contributed by atoms with Crippen LogP contribution in [-0.4, -0.2) is 71.3 Å². The lowest BCUT2D eigenvalue weighted by atomic mass is 10.0. The van der Waals surface area contributed by atoms with Crippen molar-refractivity contribution in [2.45, 2.75) is 128 Å². The summed E-state index contributed by atoms with van der Waals surface area (Å²) >= 11 is 0. The number of hydrogen-bond donors (Lipinski definition) is 4. The number of unbranched alkanes of at least 4 members (excludes halogenated alkanes) is 12. The van der Waals surface area contributed by atoms with Gasteiger partial charge in [-0.3, -0.25) is 0 Å². The molecule has 0 spiro atoms. The first-order valence-electron chi connectivity index (χ1n) is 12.4. The Morgan fingerprint density at radius 3 is 1.10 bits per heavy atom. The van der Waals surface area contributed by atoms with Crippen LogP contribution in [0.2, 0.25) is 0 Å². The van der Waals surface area contributed by atoms with Gasteiger partial charge in [0.1, 0.15) is 24.4 Å². The third-order valence-electron chi connectivity index (χ3n) is 5.57. The molecule has 0 radical (unpaired) electrons. The molecule has 0 aromatic heterocycles. The van der Waals surface area contributed by atoms with Gasteiger partial charge in [-0.2, -0.15) is 0 Å². The fourth-order valence-corrected chi connectivity index (χ4v) is 3.61. The third-order valence-corrected chi connectivity index (χ3v) is 5.57. The smallest absolute Gasteiger partial charge is 0.114 e. The summed E-state index contributed by atoms with van der Waals surface area (Å²) in [6.07, 6.45) is 12.1. The summed E-state index contributed by atoms with van der Waals surface area (Å²) in [5.41, 5.74) is 0. The zero-order chi connectivity index (χ0) is 22.5. The van der Waals surface area contributed by atoms with Crippen LogP contribution in [0, 0.1) is 0 Å². The molecule has 0 fully saturated rings. The number of aliphatic hydroxyl groups is 4. The molecule has 0 aliphatic rings. The first-order chi connectivity index (χ1) is 14.6. The van der Waals surface area contributed by atoms with E-state index in [2.05, 4.69) is 13.8 Å². The van der Waals surface area contributed by atoms with Crippen LogP contribution in [-0.2, 0) is 9.47 Å². The summed E-state index contributed by atoms with van der Waals surface area (Å²) in [4.78, 5) is 0. The van der Waals surface area contributed by atoms with E-state index in [4.69, 9.17) is 9.47 Å². The molecule has 0 saturated carbocycles. The lowest BCUT2D eigenvalue weighted by molar-refractivity contribution is -0.170. The molecule has 6 nitrogen and oxygen atoms in total. The predicted molar refractivity (Wildman–Crippen MR) is 122 cm³/mol. The van der Waals surface area contributed by atoms with E-state index in [-0.39, 0.29) is 0 Å². The van der Waals surface area contributed by atoms with Gasteiger partial charge in [0.05, 0.1) is 13.2 Å². The summed E-state index contributed by atoms with van der Waals surface area (Å²) in [6, 6.07) is 0. The molecule has 0 saturated heterocycles. The Hall–Kier alpha value is -0.240. The Kier molecular flexibility index (Phi) is 21.8. The SMILES string of the molecule is CCCCCCCCCO[C@@H]([C@H](OCCCCCCCCC)[C@H](O)CO)[C@H](O)CO. The van der Waals surface area contributed by atoms with E-state index in [1.165, 1.54) is 51.4 Å². The van der Waals surface area contributed by atoms with E-state index in [1.54, 1.807) is 0 Å². The first-order valence-corrected chi connectivity index (χ1v) is 12.4. The summed E-state index contributed by atoms with van der Waals surface area (Å²) in [6.45, 7) is 4.32. The van der Waals surface area contributed by atoms with Gasteiger partial charge < -0.3 is 29.9 Å². The normalized spacial score (nSPS) is 15.8. The Morgan fingerprint density at radius 1 is 0.500 bits per heavy atom. The minimum atomic E-state index is -1.16. The highest BCUT2D eigenvalue weighted by Gasteiger charge is 2.34. The second-order valence-corrected chi connectivity index (χ2v) is 8.41. The number of aliphatic hydroxyl groups excluding tert-OH is 4. The molecule has 0 aliphatic heterocycles. The summed E-state index contributed by atoms with van der Waals surface area (Å²) in [7, 11) is 0. The first kappa shape index (κ1) is 29.8. The average Bonchev–Trinajstić information content (AvgIpc) is 2.76. The van der Waals surface area contributed by atoms with Crippen LogP contribution in [0.15, 0.2) is 0 Å². The van der Waals surface area contributed by atoms with Crippen molar-refractivity contribution in [2.24, 2.45) is 0 Å². The van der Waals surface area contributed by atoms with Gasteiger partial charge in [0, 0.05) is 13.2 Å². The molecule has 0 rings (SSSR count). The summed E-state index contributed by atoms with van der Waals surface area (Å²) in [5, 5.41) is 39.2. The molecular formula is C24H50O6. The highest BCUT2D eigenvalue weighted by Crippen LogP contribution is 2.17. The maximum absolute atomic E-state index is 10.2. The minimum absolute atomic E-state index is 0.435. The summed E-state index contributed by atoms with van der Waals surface area (Å²) in [5.74, 6) is 0. The van der Waals surface area contributed by atoms with Crippen LogP contribution < -0.4 is 0 Å². The van der Waals surface area contributed by atoms with E-state index in [9.17, 15) is 20.4 Å². The van der Waals surface area contributed by atoms with Crippen molar-refractivity contribution >= 4 is 0 Å². The van der Waals surface area contributed by atoms with Crippen LogP contribution in [0.5, 0.6) is 0 Å². The van der Waals surface area contributed by atoms with E-state index in [0.29, 0.717) is 13.2 Å². The zero-order valence-corrected chi connectivity index (χ0v) is 19.6. The van der Waals surface area contributed by atoms with E-state index >= 15 is 0 Å². The molecule has 0 aliphatic carbocycles. The molecule has 0 unspecified atom stereocenters. The van der Waals surface area contributed by atoms with Gasteiger partial charge in [-0.15, -0.1) is 0 Å². The molecule has 4 atom stereocenters. The molecule has 182 valence electrons. The Bertz CT molecular complexity index is 310. The van der Waals surface area contributed by atoms with Crippen molar-refractivity contribution in [1.82, 2.24) is 0 Å². The van der Waals surface area contributed by atoms with Gasteiger partial charge in [-0.05, 0) is 12.8 Å². The highest BCUT2D eigenvalue weighted by atomic mass is 16.6. The minimum Gasteiger partial charge on any atom is -0.394 e. The topological polar surface area (TPSA) is 99.4 Å². The van der Waals surface area contributed by atoms with Gasteiger partial charge in [0.25, 0.3) is 0 Å². The molecule has 0 amide bonds. The van der Waals surface area contributed by atoms with E-state index in [0.717, 1.165) is 38.5 Å². The van der Waals surface area contributed by atoms with Crippen molar-refractivity contribution in [3.05, 3.63) is 0 Å². The predicted octanol–water partition coefficient (Wildman–Crippen LogP) is 3.96. The van der Waals surface area contributed by atoms with Crippen molar-refractivity contribution in [1.29, 1.82) is 0 Å². The standard InChI is InChI=1S/C24H50O6/c1-3-5-7-9-11-13-15-17-29-23(21(27)19-25)24(22(28)20-26)30-18-16-14-12-10-8-6-4-2/h21-28H,3-20H2,1-2H3/t21-,22-,23-,24-/m1/s1. The molecule has 6 heteroatoms. The Morgan fingerprint density at radius 2 is 0.800 bits per heavy atom. The van der Waals surface area contributed by atoms with Gasteiger partial charge >= 0.3 is 0 Å². The van der Waals surface area contributed by atoms with Crippen LogP contribution >= 0.6 is 0 Å². The van der Waals surface area contributed by atoms with Gasteiger partial charge in [-0.1, -0.05) is 90.9 Å². The third kappa shape index (κ3) is 15.5. The number of rotatable bonds is 23. The second kappa shape index (κ2) is 22.0. The lowest BCUT2D eigenvalue weighted by Gasteiger charge is -2.32. The lowest BCUT2D eigenvalue weighted by Crippen LogP contribution is -2.50. The summed E-state index contributed by atoms with van der Waals surface area (Å²) < 4.78 is 11.6. The molecule has 0 bridgehead atoms. The monoisotopic (exact) mass is 434 g/mol. The average molecular weight is 435 g/mol. The van der Waals surface area contributed by atoms with Gasteiger partial charge in [0.2, 0.25) is 0 Å². The molecule has 4 N–H and O–H groups in total. The molecule has 0 heterocycles. The van der Waals surface area contributed by atoms with Gasteiger partial charge in [0.15, 0.2) is 0 Å². The van der Waals surface area contributed by atoms with Gasteiger partial charge in [-0.25, -0.2) is 0 Å². The van der Waals surface area contributed by atoms with Crippen LogP contribution in [0.1, 0.15) is 104 Å². The van der Waals surface area contributed by atoms with E-state index < -0.39 is 37.6 Å². The second-order valence-electron chi connectivity index (χ2n) is 8.41. The zero-order valence-electron chi connectivity index (χ0n) is 19.6. The molecule has 0 aromatic rings. The fourth-order valence-electron chi connectivity index (χ4n) is 3.61. The van der Waals surface area contributed by atoms with Crippen molar-refractivity contribution < 1.29 is 29.9 Å². The van der Waals surface area contributed by atoms with E-state index in [1.807, 2.05) is 0 Å². The maximum Gasteiger partial charge on any atom is 0.114 e. The molecule has 30 heavy (non-hydrogen) atoms. The molecule has 0 aromatic carbocycles. The molecular weight excluding hydrogens is 384 g/mol. The maximum atomic E-state index is 10.2. The van der Waals surface area contributed by atoms with Crippen LogP contribution in [0.3, 0.4) is 0 Å². The van der Waals surface area contributed by atoms with Crippen LogP contribution in [0.25, 0.3) is 0 Å². The largest absolute Gasteiger partial charge is 0.394 e. The van der Waals surface area contributed by atoms with Crippen molar-refractivity contribution in [2.75, 3.05) is 26.4 Å². The van der Waals surface area contributed by atoms with Crippen molar-refractivity contribution in [3.8, 4) is 0 Å². The van der Waals surface area contributed by atoms with Crippen LogP contribution in [0.4, 0.5) is 0 Å².